The highest BCUT2D eigenvalue weighted by molar-refractivity contribution is 5.87. The van der Waals surface area contributed by atoms with Crippen LogP contribution in [0.15, 0.2) is 12.2 Å². The van der Waals surface area contributed by atoms with Gasteiger partial charge in [0.05, 0.1) is 0 Å². The predicted molar refractivity (Wildman–Crippen MR) is 61.1 cm³/mol. The average molecular weight is 278 g/mol. The second-order valence-electron chi connectivity index (χ2n) is 5.64. The van der Waals surface area contributed by atoms with Crippen LogP contribution in [0.25, 0.3) is 0 Å². The van der Waals surface area contributed by atoms with E-state index in [-0.39, 0.29) is 24.3 Å². The molecule has 0 radical (unpaired) electrons. The number of carbonyl (C=O) groups is 1. The maximum Gasteiger partial charge on any atom is 0.417 e. The standard InChI is InChI=1S/C13H17F3O3/c1-7(2)11(17)19-10-5-8-3-4-9(10)12(18,6-8)13(14,15)16/h8-10,18H,1,3-6H2,2H3. The molecule has 108 valence electrons. The summed E-state index contributed by atoms with van der Waals surface area (Å²) < 4.78 is 44.2. The maximum absolute atomic E-state index is 13.0. The minimum absolute atomic E-state index is 0.150. The van der Waals surface area contributed by atoms with Crippen LogP contribution in [0, 0.1) is 11.8 Å². The molecule has 3 aliphatic rings. The lowest BCUT2D eigenvalue weighted by atomic mass is 9.60. The highest BCUT2D eigenvalue weighted by Gasteiger charge is 2.65. The van der Waals surface area contributed by atoms with Gasteiger partial charge in [0.15, 0.2) is 5.60 Å². The fourth-order valence-corrected chi connectivity index (χ4v) is 3.23. The third kappa shape index (κ3) is 2.38. The first-order chi connectivity index (χ1) is 8.65. The Balaban J connectivity index is 2.20. The number of fused-ring (bicyclic) bond motifs is 3. The third-order valence-corrected chi connectivity index (χ3v) is 4.21. The normalized spacial score (nSPS) is 38.1. The monoisotopic (exact) mass is 278 g/mol. The third-order valence-electron chi connectivity index (χ3n) is 4.21. The summed E-state index contributed by atoms with van der Waals surface area (Å²) in [5, 5.41) is 9.98. The van der Waals surface area contributed by atoms with E-state index in [4.69, 9.17) is 4.74 Å². The number of aliphatic hydroxyl groups is 1. The Labute approximate surface area is 109 Å². The maximum atomic E-state index is 13.0. The molecule has 0 aromatic rings. The van der Waals surface area contributed by atoms with E-state index >= 15 is 0 Å². The number of halogens is 3. The zero-order chi connectivity index (χ0) is 14.4. The van der Waals surface area contributed by atoms with Gasteiger partial charge < -0.3 is 9.84 Å². The van der Waals surface area contributed by atoms with E-state index in [1.165, 1.54) is 6.92 Å². The summed E-state index contributed by atoms with van der Waals surface area (Å²) in [4.78, 5) is 11.5. The van der Waals surface area contributed by atoms with Gasteiger partial charge in [-0.15, -0.1) is 0 Å². The van der Waals surface area contributed by atoms with Crippen molar-refractivity contribution in [1.82, 2.24) is 0 Å². The Morgan fingerprint density at radius 2 is 2.05 bits per heavy atom. The number of hydrogen-bond donors (Lipinski definition) is 1. The van der Waals surface area contributed by atoms with Crippen LogP contribution >= 0.6 is 0 Å². The van der Waals surface area contributed by atoms with Gasteiger partial charge in [-0.3, -0.25) is 0 Å². The van der Waals surface area contributed by atoms with E-state index in [1.807, 2.05) is 0 Å². The lowest BCUT2D eigenvalue weighted by molar-refractivity contribution is -0.316. The number of rotatable bonds is 2. The zero-order valence-corrected chi connectivity index (χ0v) is 10.7. The van der Waals surface area contributed by atoms with Crippen LogP contribution in [0.5, 0.6) is 0 Å². The van der Waals surface area contributed by atoms with Crippen molar-refractivity contribution in [2.24, 2.45) is 11.8 Å². The minimum atomic E-state index is -4.69. The first-order valence-electron chi connectivity index (χ1n) is 6.30. The summed E-state index contributed by atoms with van der Waals surface area (Å²) in [6.45, 7) is 4.85. The van der Waals surface area contributed by atoms with E-state index in [9.17, 15) is 23.1 Å². The summed E-state index contributed by atoms with van der Waals surface area (Å²) in [6, 6.07) is 0. The van der Waals surface area contributed by atoms with E-state index in [1.54, 1.807) is 0 Å². The highest BCUT2D eigenvalue weighted by atomic mass is 19.4. The van der Waals surface area contributed by atoms with Gasteiger partial charge in [-0.2, -0.15) is 13.2 Å². The molecule has 6 heteroatoms. The molecule has 3 fully saturated rings. The lowest BCUT2D eigenvalue weighted by Gasteiger charge is -2.52. The van der Waals surface area contributed by atoms with Crippen LogP contribution < -0.4 is 0 Å². The topological polar surface area (TPSA) is 46.5 Å². The number of carbonyl (C=O) groups excluding carboxylic acids is 1. The van der Waals surface area contributed by atoms with Gasteiger partial charge in [0.1, 0.15) is 6.10 Å². The summed E-state index contributed by atoms with van der Waals surface area (Å²) in [7, 11) is 0. The molecule has 3 saturated carbocycles. The van der Waals surface area contributed by atoms with Gasteiger partial charge in [0.2, 0.25) is 0 Å². The Morgan fingerprint density at radius 3 is 2.53 bits per heavy atom. The zero-order valence-electron chi connectivity index (χ0n) is 10.7. The van der Waals surface area contributed by atoms with Crippen molar-refractivity contribution >= 4 is 5.97 Å². The number of esters is 1. The van der Waals surface area contributed by atoms with Gasteiger partial charge in [-0.1, -0.05) is 6.58 Å². The van der Waals surface area contributed by atoms with E-state index in [0.717, 1.165) is 0 Å². The molecule has 0 amide bonds. The summed E-state index contributed by atoms with van der Waals surface area (Å²) >= 11 is 0. The molecular weight excluding hydrogens is 261 g/mol. The summed E-state index contributed by atoms with van der Waals surface area (Å²) in [6.07, 6.45) is -4.59. The van der Waals surface area contributed by atoms with Crippen LogP contribution in [-0.2, 0) is 9.53 Å². The average Bonchev–Trinajstić information content (AvgIpc) is 2.27. The fraction of sp³-hybridized carbons (Fsp3) is 0.769. The molecule has 0 aliphatic heterocycles. The molecule has 0 aromatic heterocycles. The van der Waals surface area contributed by atoms with Crippen molar-refractivity contribution in [3.05, 3.63) is 12.2 Å². The van der Waals surface area contributed by atoms with Gasteiger partial charge >= 0.3 is 12.1 Å². The van der Waals surface area contributed by atoms with Crippen LogP contribution in [0.1, 0.15) is 32.6 Å². The molecule has 1 N–H and O–H groups in total. The molecule has 0 saturated heterocycles. The van der Waals surface area contributed by atoms with Crippen molar-refractivity contribution in [3.8, 4) is 0 Å². The van der Waals surface area contributed by atoms with Crippen LogP contribution in [-0.4, -0.2) is 29.0 Å². The molecular formula is C13H17F3O3. The Hall–Kier alpha value is -1.04. The second kappa shape index (κ2) is 4.51. The molecule has 3 nitrogen and oxygen atoms in total. The fourth-order valence-electron chi connectivity index (χ4n) is 3.23. The molecule has 4 unspecified atom stereocenters. The van der Waals surface area contributed by atoms with Gasteiger partial charge in [-0.25, -0.2) is 4.79 Å². The molecule has 19 heavy (non-hydrogen) atoms. The molecule has 2 bridgehead atoms. The summed E-state index contributed by atoms with van der Waals surface area (Å²) in [5.74, 6) is -2.01. The van der Waals surface area contributed by atoms with Crippen molar-refractivity contribution in [2.75, 3.05) is 0 Å². The first kappa shape index (κ1) is 14.4. The molecule has 3 aliphatic carbocycles. The van der Waals surface area contributed by atoms with E-state index < -0.39 is 29.8 Å². The molecule has 4 atom stereocenters. The van der Waals surface area contributed by atoms with Crippen LogP contribution in [0.2, 0.25) is 0 Å². The van der Waals surface area contributed by atoms with E-state index in [0.29, 0.717) is 12.8 Å². The second-order valence-corrected chi connectivity index (χ2v) is 5.64. The molecule has 0 spiro atoms. The van der Waals surface area contributed by atoms with Crippen molar-refractivity contribution < 1.29 is 27.8 Å². The molecule has 0 heterocycles. The highest BCUT2D eigenvalue weighted by Crippen LogP contribution is 2.54. The molecule has 0 aromatic carbocycles. The Kier molecular flexibility index (Phi) is 3.41. The SMILES string of the molecule is C=C(C)C(=O)OC1CC2CCC1C(O)(C(F)(F)F)C2. The van der Waals surface area contributed by atoms with Gasteiger partial charge in [-0.05, 0) is 38.5 Å². The molecule has 3 rings (SSSR count). The van der Waals surface area contributed by atoms with E-state index in [2.05, 4.69) is 6.58 Å². The first-order valence-corrected chi connectivity index (χ1v) is 6.30. The Bertz CT molecular complexity index is 404. The Morgan fingerprint density at radius 1 is 1.42 bits per heavy atom. The van der Waals surface area contributed by atoms with Crippen LogP contribution in [0.4, 0.5) is 13.2 Å². The van der Waals surface area contributed by atoms with Crippen molar-refractivity contribution in [2.45, 2.75) is 50.5 Å². The largest absolute Gasteiger partial charge is 0.459 e. The van der Waals surface area contributed by atoms with Crippen LogP contribution in [0.3, 0.4) is 0 Å². The number of ether oxygens (including phenoxy) is 1. The van der Waals surface area contributed by atoms with Gasteiger partial charge in [0, 0.05) is 11.5 Å². The summed E-state index contributed by atoms with van der Waals surface area (Å²) in [5.41, 5.74) is -2.58. The smallest absolute Gasteiger partial charge is 0.417 e. The number of alkyl halides is 3. The van der Waals surface area contributed by atoms with Crippen molar-refractivity contribution in [1.29, 1.82) is 0 Å². The number of hydrogen-bond acceptors (Lipinski definition) is 3. The lowest BCUT2D eigenvalue weighted by Crippen LogP contribution is -2.62. The van der Waals surface area contributed by atoms with Gasteiger partial charge in [0.25, 0.3) is 0 Å². The quantitative estimate of drug-likeness (QED) is 0.624. The minimum Gasteiger partial charge on any atom is -0.459 e. The predicted octanol–water partition coefficient (Wildman–Crippen LogP) is 2.59. The van der Waals surface area contributed by atoms with Crippen molar-refractivity contribution in [3.63, 3.8) is 0 Å².